The van der Waals surface area contributed by atoms with Crippen molar-refractivity contribution in [1.82, 2.24) is 9.97 Å². The SMILES string of the molecule is CC1(C)[C@H]2Cc3nc(-c4[c-]c(-c5ccc6c(n5)C[C@H]5C[C@@H]6C5(C)C)ccc4)ccc3[C@@H]1C2.O=S(=O)([O-])C(F)(F)F.[Pt+2]. The van der Waals surface area contributed by atoms with E-state index in [9.17, 15) is 13.2 Å². The Morgan fingerprint density at radius 1 is 0.805 bits per heavy atom. The van der Waals surface area contributed by atoms with E-state index in [1.807, 2.05) is 0 Å². The summed E-state index contributed by atoms with van der Waals surface area (Å²) in [5, 5.41) is 0. The molecule has 0 unspecified atom stereocenters. The summed E-state index contributed by atoms with van der Waals surface area (Å²) in [6.45, 7) is 9.71. The van der Waals surface area contributed by atoms with Crippen molar-refractivity contribution in [3.8, 4) is 22.5 Å². The molecule has 0 aliphatic heterocycles. The fourth-order valence-corrected chi connectivity index (χ4v) is 7.30. The van der Waals surface area contributed by atoms with Gasteiger partial charge in [0.15, 0.2) is 10.1 Å². The minimum Gasteiger partial charge on any atom is -0.741 e. The standard InChI is InChI=1S/C30H31N2.CHF3O3S.Pt/c1-29(2)19-13-23(29)21-8-10-25(31-27(21)15-19)17-6-5-7-18(12-17)26-11-9-22-24-14-20(30(24,3)4)16-28(22)32-26;2-1(3,4)8(5,6)7;/h5-11,19-20,23-24H,13-16H2,1-4H3;(H,5,6,7);/q-1;;+2/p-1/t19-,20-,23+,24+;;/m1../s1. The fraction of sp³-hybridized carbons (Fsp3) is 0.484. The van der Waals surface area contributed by atoms with E-state index in [1.54, 1.807) is 0 Å². The predicted molar refractivity (Wildman–Crippen MR) is 144 cm³/mol. The summed E-state index contributed by atoms with van der Waals surface area (Å²) in [6.07, 6.45) is 4.92. The van der Waals surface area contributed by atoms with E-state index in [0.29, 0.717) is 22.7 Å². The van der Waals surface area contributed by atoms with Crippen LogP contribution in [0.3, 0.4) is 0 Å². The smallest absolute Gasteiger partial charge is 0.741 e. The molecule has 6 aliphatic rings. The van der Waals surface area contributed by atoms with Crippen molar-refractivity contribution in [1.29, 1.82) is 0 Å². The average Bonchev–Trinajstić information content (AvgIpc) is 2.90. The number of alkyl halides is 3. The first kappa shape index (κ1) is 30.4. The van der Waals surface area contributed by atoms with Gasteiger partial charge >= 0.3 is 26.6 Å². The van der Waals surface area contributed by atoms with Gasteiger partial charge in [-0.2, -0.15) is 13.2 Å². The van der Waals surface area contributed by atoms with Crippen molar-refractivity contribution < 1.29 is 47.2 Å². The third kappa shape index (κ3) is 5.00. The molecule has 2 saturated carbocycles. The van der Waals surface area contributed by atoms with Crippen molar-refractivity contribution in [2.75, 3.05) is 0 Å². The van der Waals surface area contributed by atoms with Gasteiger partial charge in [-0.15, -0.1) is 24.3 Å². The Morgan fingerprint density at radius 2 is 1.20 bits per heavy atom. The molecule has 2 aromatic heterocycles. The molecular weight excluding hydrogens is 732 g/mol. The van der Waals surface area contributed by atoms with Crippen LogP contribution in [0.2, 0.25) is 0 Å². The van der Waals surface area contributed by atoms with Crippen LogP contribution >= 0.6 is 0 Å². The molecule has 2 fully saturated rings. The van der Waals surface area contributed by atoms with Crippen molar-refractivity contribution in [3.63, 3.8) is 0 Å². The number of benzene rings is 1. The maximum atomic E-state index is 10.7. The Morgan fingerprint density at radius 3 is 1.54 bits per heavy atom. The molecule has 6 aliphatic carbocycles. The summed E-state index contributed by atoms with van der Waals surface area (Å²) >= 11 is 0. The van der Waals surface area contributed by atoms with Gasteiger partial charge in [0.25, 0.3) is 0 Å². The minimum atomic E-state index is -6.09. The second-order valence-electron chi connectivity index (χ2n) is 12.9. The Hall–Kier alpha value is -2.09. The van der Waals surface area contributed by atoms with Crippen LogP contribution in [0.4, 0.5) is 13.2 Å². The van der Waals surface area contributed by atoms with Gasteiger partial charge in [-0.3, -0.25) is 9.97 Å². The largest absolute Gasteiger partial charge is 2.00 e. The molecule has 1 aromatic carbocycles. The molecule has 0 radical (unpaired) electrons. The fourth-order valence-electron chi connectivity index (χ4n) is 7.30. The topological polar surface area (TPSA) is 83.0 Å². The van der Waals surface area contributed by atoms with Crippen LogP contribution < -0.4 is 0 Å². The molecule has 0 spiro atoms. The summed E-state index contributed by atoms with van der Waals surface area (Å²) in [5.41, 5.74) is 5.08. The molecule has 0 amide bonds. The molecule has 0 N–H and O–H groups in total. The summed E-state index contributed by atoms with van der Waals surface area (Å²) in [5.74, 6) is 2.94. The number of halogens is 3. The van der Waals surface area contributed by atoms with E-state index < -0.39 is 15.6 Å². The van der Waals surface area contributed by atoms with Crippen LogP contribution in [0.25, 0.3) is 22.5 Å². The molecule has 0 saturated heterocycles. The van der Waals surface area contributed by atoms with E-state index in [0.717, 1.165) is 47.2 Å². The van der Waals surface area contributed by atoms with Gasteiger partial charge < -0.3 is 4.55 Å². The van der Waals surface area contributed by atoms with Crippen LogP contribution in [-0.4, -0.2) is 28.4 Å². The minimum absolute atomic E-state index is 0. The summed E-state index contributed by atoms with van der Waals surface area (Å²) in [7, 11) is -6.09. The monoisotopic (exact) mass is 763 g/mol. The third-order valence-electron chi connectivity index (χ3n) is 10.2. The van der Waals surface area contributed by atoms with Crippen LogP contribution in [-0.2, 0) is 44.0 Å². The Kier molecular flexibility index (Phi) is 7.40. The molecule has 220 valence electrons. The molecule has 4 atom stereocenters. The summed E-state index contributed by atoms with van der Waals surface area (Å²) in [4.78, 5) is 10.2. The van der Waals surface area contributed by atoms with Gasteiger partial charge in [0.1, 0.15) is 0 Å². The maximum Gasteiger partial charge on any atom is 2.00 e. The molecule has 10 heteroatoms. The van der Waals surface area contributed by atoms with Gasteiger partial charge in [-0.25, -0.2) is 8.42 Å². The molecule has 4 bridgehead atoms. The van der Waals surface area contributed by atoms with Crippen LogP contribution in [0.5, 0.6) is 0 Å². The van der Waals surface area contributed by atoms with Crippen LogP contribution in [0, 0.1) is 28.7 Å². The number of hydrogen-bond donors (Lipinski definition) is 0. The van der Waals surface area contributed by atoms with E-state index in [4.69, 9.17) is 22.9 Å². The molecule has 9 rings (SSSR count). The average molecular weight is 764 g/mol. The molecule has 5 nitrogen and oxygen atoms in total. The van der Waals surface area contributed by atoms with Gasteiger partial charge in [0.2, 0.25) is 0 Å². The van der Waals surface area contributed by atoms with Crippen molar-refractivity contribution in [2.24, 2.45) is 22.7 Å². The zero-order valence-corrected chi connectivity index (χ0v) is 26.2. The number of rotatable bonds is 2. The number of aromatic nitrogens is 2. The predicted octanol–water partition coefficient (Wildman–Crippen LogP) is 7.03. The Bertz CT molecular complexity index is 1530. The second-order valence-corrected chi connectivity index (χ2v) is 14.2. The Balaban J connectivity index is 0.000000333. The molecule has 3 aromatic rings. The zero-order valence-electron chi connectivity index (χ0n) is 23.2. The third-order valence-corrected chi connectivity index (χ3v) is 10.8. The van der Waals surface area contributed by atoms with E-state index in [1.165, 1.54) is 35.4 Å². The quantitative estimate of drug-likeness (QED) is 0.159. The van der Waals surface area contributed by atoms with E-state index in [-0.39, 0.29) is 21.1 Å². The van der Waals surface area contributed by atoms with E-state index >= 15 is 0 Å². The number of nitrogens with zero attached hydrogens (tertiary/aromatic N) is 2. The first-order valence-corrected chi connectivity index (χ1v) is 15.0. The van der Waals surface area contributed by atoms with Crippen molar-refractivity contribution in [2.45, 2.75) is 70.7 Å². The van der Waals surface area contributed by atoms with Crippen LogP contribution in [0.1, 0.15) is 74.9 Å². The normalized spacial score (nSPS) is 26.0. The Labute approximate surface area is 253 Å². The van der Waals surface area contributed by atoms with Crippen molar-refractivity contribution >= 4 is 10.1 Å². The first-order chi connectivity index (χ1) is 18.6. The summed E-state index contributed by atoms with van der Waals surface area (Å²) in [6, 6.07) is 19.1. The first-order valence-electron chi connectivity index (χ1n) is 13.6. The van der Waals surface area contributed by atoms with Crippen molar-refractivity contribution in [3.05, 3.63) is 71.0 Å². The van der Waals surface area contributed by atoms with Gasteiger partial charge in [-0.1, -0.05) is 63.1 Å². The molecule has 2 heterocycles. The maximum absolute atomic E-state index is 10.7. The summed E-state index contributed by atoms with van der Waals surface area (Å²) < 4.78 is 58.9. The second kappa shape index (κ2) is 9.99. The number of hydrogen-bond acceptors (Lipinski definition) is 5. The van der Waals surface area contributed by atoms with E-state index in [2.05, 4.69) is 76.2 Å². The number of pyridine rings is 2. The van der Waals surface area contributed by atoms with Gasteiger partial charge in [0, 0.05) is 22.8 Å². The molecule has 41 heavy (non-hydrogen) atoms. The zero-order chi connectivity index (χ0) is 28.8. The molecular formula is C31H31F3N2O3PtS. The van der Waals surface area contributed by atoms with Gasteiger partial charge in [0.05, 0.1) is 0 Å². The van der Waals surface area contributed by atoms with Gasteiger partial charge in [-0.05, 0) is 71.3 Å². The van der Waals surface area contributed by atoms with Crippen LogP contribution in [0.15, 0.2) is 42.5 Å².